The Morgan fingerprint density at radius 1 is 0.963 bits per heavy atom. The number of carbonyl (C=O) groups excluding carboxylic acids is 1. The maximum absolute atomic E-state index is 12.5. The lowest BCUT2D eigenvalue weighted by Crippen LogP contribution is -2.41. The molecule has 2 aromatic carbocycles. The molecule has 27 heavy (non-hydrogen) atoms. The molecule has 146 valence electrons. The predicted octanol–water partition coefficient (Wildman–Crippen LogP) is 3.56. The van der Waals surface area contributed by atoms with Crippen LogP contribution in [0.3, 0.4) is 0 Å². The Kier molecular flexibility index (Phi) is 6.31. The zero-order valence-electron chi connectivity index (χ0n) is 16.8. The lowest BCUT2D eigenvalue weighted by molar-refractivity contribution is -0.120. The van der Waals surface area contributed by atoms with Gasteiger partial charge in [-0.3, -0.25) is 9.10 Å². The summed E-state index contributed by atoms with van der Waals surface area (Å²) in [5.41, 5.74) is 5.87. The molecule has 5 nitrogen and oxygen atoms in total. The van der Waals surface area contributed by atoms with E-state index in [1.807, 2.05) is 58.9 Å². The Morgan fingerprint density at radius 3 is 2.04 bits per heavy atom. The van der Waals surface area contributed by atoms with Gasteiger partial charge in [-0.2, -0.15) is 0 Å². The van der Waals surface area contributed by atoms with E-state index in [1.54, 1.807) is 12.1 Å². The van der Waals surface area contributed by atoms with Crippen molar-refractivity contribution in [3.05, 3.63) is 64.2 Å². The molecular weight excluding hydrogens is 360 g/mol. The van der Waals surface area contributed by atoms with Crippen LogP contribution in [0.25, 0.3) is 0 Å². The van der Waals surface area contributed by atoms with E-state index < -0.39 is 10.0 Å². The van der Waals surface area contributed by atoms with Crippen LogP contribution in [0.2, 0.25) is 0 Å². The Morgan fingerprint density at radius 2 is 1.52 bits per heavy atom. The summed E-state index contributed by atoms with van der Waals surface area (Å²) in [6, 6.07) is 11.2. The van der Waals surface area contributed by atoms with Crippen molar-refractivity contribution in [1.82, 2.24) is 5.32 Å². The number of nitrogens with zero attached hydrogens (tertiary/aromatic N) is 1. The average Bonchev–Trinajstić information content (AvgIpc) is 2.56. The fourth-order valence-electron chi connectivity index (χ4n) is 2.82. The number of nitrogens with one attached hydrogen (secondary N) is 1. The summed E-state index contributed by atoms with van der Waals surface area (Å²) in [5.74, 6) is -0.343. The largest absolute Gasteiger partial charge is 0.348 e. The van der Waals surface area contributed by atoms with E-state index in [-0.39, 0.29) is 18.5 Å². The van der Waals surface area contributed by atoms with Gasteiger partial charge in [0.25, 0.3) is 0 Å². The molecule has 0 bridgehead atoms. The minimum Gasteiger partial charge on any atom is -0.348 e. The van der Waals surface area contributed by atoms with Gasteiger partial charge >= 0.3 is 0 Å². The van der Waals surface area contributed by atoms with Crippen molar-refractivity contribution < 1.29 is 13.2 Å². The lowest BCUT2D eigenvalue weighted by atomic mass is 10.0. The third-order valence-electron chi connectivity index (χ3n) is 4.87. The van der Waals surface area contributed by atoms with Crippen LogP contribution in [0.1, 0.15) is 40.8 Å². The molecule has 2 aromatic rings. The number of hydrogen-bond donors (Lipinski definition) is 1. The van der Waals surface area contributed by atoms with Crippen molar-refractivity contribution in [1.29, 1.82) is 0 Å². The molecule has 0 aliphatic rings. The third kappa shape index (κ3) is 5.32. The van der Waals surface area contributed by atoms with E-state index in [2.05, 4.69) is 5.32 Å². The number of benzene rings is 2. The number of carbonyl (C=O) groups is 1. The molecule has 0 saturated carbocycles. The van der Waals surface area contributed by atoms with Gasteiger partial charge < -0.3 is 5.32 Å². The molecule has 0 radical (unpaired) electrons. The van der Waals surface area contributed by atoms with Crippen molar-refractivity contribution in [2.24, 2.45) is 0 Å². The van der Waals surface area contributed by atoms with Crippen LogP contribution in [-0.2, 0) is 14.8 Å². The van der Waals surface area contributed by atoms with Gasteiger partial charge in [0.05, 0.1) is 18.0 Å². The standard InChI is InChI=1S/C21H28N2O3S/c1-14-7-9-19(11-16(14)3)18(5)22-21(24)13-23(27(6,25)26)20-10-8-15(2)17(4)12-20/h7-12,18H,13H2,1-6H3,(H,22,24)/t18-/m1/s1. The monoisotopic (exact) mass is 388 g/mol. The van der Waals surface area contributed by atoms with Gasteiger partial charge in [-0.1, -0.05) is 24.3 Å². The topological polar surface area (TPSA) is 66.5 Å². The molecule has 0 fully saturated rings. The number of hydrogen-bond acceptors (Lipinski definition) is 3. The highest BCUT2D eigenvalue weighted by Crippen LogP contribution is 2.22. The van der Waals surface area contributed by atoms with Crippen molar-refractivity contribution in [2.75, 3.05) is 17.1 Å². The molecular formula is C21H28N2O3S. The Labute approximate surface area is 162 Å². The summed E-state index contributed by atoms with van der Waals surface area (Å²) < 4.78 is 25.6. The van der Waals surface area contributed by atoms with Crippen molar-refractivity contribution in [2.45, 2.75) is 40.7 Å². The minimum atomic E-state index is -3.58. The van der Waals surface area contributed by atoms with Crippen molar-refractivity contribution in [3.8, 4) is 0 Å². The molecule has 1 amide bonds. The quantitative estimate of drug-likeness (QED) is 0.823. The summed E-state index contributed by atoms with van der Waals surface area (Å²) in [6.45, 7) is 9.58. The van der Waals surface area contributed by atoms with Gasteiger partial charge in [-0.05, 0) is 74.6 Å². The first-order chi connectivity index (χ1) is 12.5. The van der Waals surface area contributed by atoms with Crippen LogP contribution in [0, 0.1) is 27.7 Å². The van der Waals surface area contributed by atoms with Gasteiger partial charge in [-0.15, -0.1) is 0 Å². The van der Waals surface area contributed by atoms with E-state index in [9.17, 15) is 13.2 Å². The molecule has 0 saturated heterocycles. The summed E-state index contributed by atoms with van der Waals surface area (Å²) in [6.07, 6.45) is 1.11. The maximum Gasteiger partial charge on any atom is 0.241 e. The highest BCUT2D eigenvalue weighted by atomic mass is 32.2. The first kappa shape index (κ1) is 21.0. The highest BCUT2D eigenvalue weighted by Gasteiger charge is 2.22. The second kappa shape index (κ2) is 8.13. The number of anilines is 1. The van der Waals surface area contributed by atoms with Gasteiger partial charge in [0, 0.05) is 0 Å². The fourth-order valence-corrected chi connectivity index (χ4v) is 3.66. The summed E-state index contributed by atoms with van der Waals surface area (Å²) in [4.78, 5) is 12.5. The zero-order chi connectivity index (χ0) is 20.4. The molecule has 0 aliphatic heterocycles. The Balaban J connectivity index is 2.18. The summed E-state index contributed by atoms with van der Waals surface area (Å²) in [7, 11) is -3.58. The van der Waals surface area contributed by atoms with E-state index in [0.29, 0.717) is 5.69 Å². The lowest BCUT2D eigenvalue weighted by Gasteiger charge is -2.24. The van der Waals surface area contributed by atoms with Crippen LogP contribution < -0.4 is 9.62 Å². The molecule has 0 aromatic heterocycles. The van der Waals surface area contributed by atoms with E-state index in [0.717, 1.165) is 32.8 Å². The smallest absolute Gasteiger partial charge is 0.241 e. The van der Waals surface area contributed by atoms with E-state index in [4.69, 9.17) is 0 Å². The zero-order valence-corrected chi connectivity index (χ0v) is 17.6. The maximum atomic E-state index is 12.5. The predicted molar refractivity (Wildman–Crippen MR) is 111 cm³/mol. The number of amides is 1. The van der Waals surface area contributed by atoms with Crippen LogP contribution in [-0.4, -0.2) is 27.1 Å². The van der Waals surface area contributed by atoms with Gasteiger partial charge in [0.2, 0.25) is 15.9 Å². The third-order valence-corrected chi connectivity index (χ3v) is 6.02. The molecule has 1 atom stereocenters. The van der Waals surface area contributed by atoms with Crippen LogP contribution in [0.5, 0.6) is 0 Å². The second-order valence-electron chi connectivity index (χ2n) is 7.17. The number of aryl methyl sites for hydroxylation is 4. The normalized spacial score (nSPS) is 12.5. The molecule has 0 unspecified atom stereocenters. The summed E-state index contributed by atoms with van der Waals surface area (Å²) in [5, 5.41) is 2.90. The van der Waals surface area contributed by atoms with Gasteiger partial charge in [0.15, 0.2) is 0 Å². The van der Waals surface area contributed by atoms with Crippen LogP contribution in [0.4, 0.5) is 5.69 Å². The SMILES string of the molecule is Cc1ccc([C@@H](C)NC(=O)CN(c2ccc(C)c(C)c2)S(C)(=O)=O)cc1C. The second-order valence-corrected chi connectivity index (χ2v) is 9.08. The highest BCUT2D eigenvalue weighted by molar-refractivity contribution is 7.92. The van der Waals surface area contributed by atoms with E-state index in [1.165, 1.54) is 5.56 Å². The molecule has 0 aliphatic carbocycles. The van der Waals surface area contributed by atoms with Crippen molar-refractivity contribution >= 4 is 21.6 Å². The van der Waals surface area contributed by atoms with Gasteiger partial charge in [-0.25, -0.2) is 8.42 Å². The summed E-state index contributed by atoms with van der Waals surface area (Å²) >= 11 is 0. The molecule has 0 heterocycles. The van der Waals surface area contributed by atoms with Crippen LogP contribution >= 0.6 is 0 Å². The first-order valence-corrected chi connectivity index (χ1v) is 10.8. The fraction of sp³-hybridized carbons (Fsp3) is 0.381. The van der Waals surface area contributed by atoms with Crippen molar-refractivity contribution in [3.63, 3.8) is 0 Å². The number of rotatable bonds is 6. The minimum absolute atomic E-state index is 0.210. The number of sulfonamides is 1. The van der Waals surface area contributed by atoms with Gasteiger partial charge in [0.1, 0.15) is 6.54 Å². The molecule has 1 N–H and O–H groups in total. The average molecular weight is 389 g/mol. The van der Waals surface area contributed by atoms with E-state index >= 15 is 0 Å². The van der Waals surface area contributed by atoms with Crippen LogP contribution in [0.15, 0.2) is 36.4 Å². The molecule has 2 rings (SSSR count). The first-order valence-electron chi connectivity index (χ1n) is 8.90. The Hall–Kier alpha value is -2.34. The Bertz CT molecular complexity index is 952. The molecule has 6 heteroatoms. The molecule has 0 spiro atoms.